The Morgan fingerprint density at radius 1 is 1.27 bits per heavy atom. The van der Waals surface area contributed by atoms with Crippen molar-refractivity contribution >= 4 is 15.9 Å². The van der Waals surface area contributed by atoms with E-state index < -0.39 is 0 Å². The Bertz CT molecular complexity index is 120. The van der Waals surface area contributed by atoms with Gasteiger partial charge in [-0.2, -0.15) is 0 Å². The molecule has 0 aliphatic heterocycles. The van der Waals surface area contributed by atoms with Crippen LogP contribution in [0, 0.1) is 17.8 Å². The zero-order chi connectivity index (χ0) is 8.43. The highest BCUT2D eigenvalue weighted by atomic mass is 79.9. The minimum atomic E-state index is 0.784. The molecule has 1 saturated carbocycles. The highest BCUT2D eigenvalue weighted by Gasteiger charge is 2.28. The molecule has 1 heteroatoms. The largest absolute Gasteiger partial charge is 0.0887 e. The molecule has 1 rings (SSSR count). The van der Waals surface area contributed by atoms with Crippen LogP contribution in [-0.4, -0.2) is 4.83 Å². The van der Waals surface area contributed by atoms with E-state index in [4.69, 9.17) is 0 Å². The first kappa shape index (κ1) is 9.57. The Labute approximate surface area is 78.9 Å². The van der Waals surface area contributed by atoms with Crippen molar-refractivity contribution in [1.29, 1.82) is 0 Å². The molecule has 0 aromatic heterocycles. The van der Waals surface area contributed by atoms with Crippen molar-refractivity contribution < 1.29 is 0 Å². The van der Waals surface area contributed by atoms with Gasteiger partial charge < -0.3 is 0 Å². The topological polar surface area (TPSA) is 0 Å². The van der Waals surface area contributed by atoms with Crippen LogP contribution < -0.4 is 0 Å². The summed E-state index contributed by atoms with van der Waals surface area (Å²) in [6, 6.07) is 0. The number of halogens is 1. The van der Waals surface area contributed by atoms with Crippen LogP contribution in [-0.2, 0) is 0 Å². The molecule has 0 N–H and O–H groups in total. The summed E-state index contributed by atoms with van der Waals surface area (Å²) in [5.41, 5.74) is 0. The van der Waals surface area contributed by atoms with Gasteiger partial charge in [0.1, 0.15) is 0 Å². The van der Waals surface area contributed by atoms with Crippen LogP contribution in [0.15, 0.2) is 0 Å². The number of hydrogen-bond donors (Lipinski definition) is 0. The molecule has 0 nitrogen and oxygen atoms in total. The monoisotopic (exact) mass is 218 g/mol. The molecule has 1 aliphatic carbocycles. The van der Waals surface area contributed by atoms with Gasteiger partial charge in [0.05, 0.1) is 0 Å². The minimum Gasteiger partial charge on any atom is -0.0887 e. The van der Waals surface area contributed by atoms with Crippen molar-refractivity contribution in [1.82, 2.24) is 0 Å². The molecule has 1 fully saturated rings. The molecule has 0 aromatic rings. The van der Waals surface area contributed by atoms with E-state index in [9.17, 15) is 0 Å². The van der Waals surface area contributed by atoms with E-state index in [2.05, 4.69) is 36.7 Å². The highest BCUT2D eigenvalue weighted by molar-refractivity contribution is 9.09. The van der Waals surface area contributed by atoms with Crippen LogP contribution in [0.5, 0.6) is 0 Å². The lowest BCUT2D eigenvalue weighted by atomic mass is 9.77. The molecule has 0 aromatic carbocycles. The summed E-state index contributed by atoms with van der Waals surface area (Å²) in [6.45, 7) is 7.05. The van der Waals surface area contributed by atoms with E-state index in [0.29, 0.717) is 0 Å². The molecule has 1 aliphatic rings. The standard InChI is InChI=1S/C10H19Br/c1-7(2)9-5-4-8(3)6-10(9)11/h7-10H,4-6H2,1-3H3/t8-,9-,10-/m1/s1. The summed E-state index contributed by atoms with van der Waals surface area (Å²) in [5, 5.41) is 0. The van der Waals surface area contributed by atoms with Gasteiger partial charge in [0.25, 0.3) is 0 Å². The summed E-state index contributed by atoms with van der Waals surface area (Å²) in [6.07, 6.45) is 4.24. The van der Waals surface area contributed by atoms with Gasteiger partial charge in [0, 0.05) is 4.83 Å². The van der Waals surface area contributed by atoms with Gasteiger partial charge in [-0.3, -0.25) is 0 Å². The van der Waals surface area contributed by atoms with Crippen molar-refractivity contribution in [2.45, 2.75) is 44.9 Å². The van der Waals surface area contributed by atoms with E-state index >= 15 is 0 Å². The summed E-state index contributed by atoms with van der Waals surface area (Å²) >= 11 is 3.80. The zero-order valence-corrected chi connectivity index (χ0v) is 9.39. The van der Waals surface area contributed by atoms with Crippen molar-refractivity contribution in [3.05, 3.63) is 0 Å². The molecule has 0 heterocycles. The van der Waals surface area contributed by atoms with Crippen LogP contribution >= 0.6 is 15.9 Å². The smallest absolute Gasteiger partial charge is 0.0179 e. The lowest BCUT2D eigenvalue weighted by Crippen LogP contribution is -2.27. The molecule has 0 saturated heterocycles. The maximum Gasteiger partial charge on any atom is 0.0179 e. The van der Waals surface area contributed by atoms with Gasteiger partial charge in [0.15, 0.2) is 0 Å². The van der Waals surface area contributed by atoms with Crippen LogP contribution in [0.1, 0.15) is 40.0 Å². The van der Waals surface area contributed by atoms with Gasteiger partial charge in [-0.05, 0) is 30.6 Å². The predicted molar refractivity (Wildman–Crippen MR) is 54.1 cm³/mol. The van der Waals surface area contributed by atoms with Crippen molar-refractivity contribution in [3.8, 4) is 0 Å². The number of hydrogen-bond acceptors (Lipinski definition) is 0. The second-order valence-corrected chi connectivity index (χ2v) is 5.52. The van der Waals surface area contributed by atoms with Crippen LogP contribution in [0.2, 0.25) is 0 Å². The third kappa shape index (κ3) is 2.47. The first-order chi connectivity index (χ1) is 5.11. The molecular weight excluding hydrogens is 200 g/mol. The Morgan fingerprint density at radius 3 is 2.36 bits per heavy atom. The molecule has 0 bridgehead atoms. The molecule has 66 valence electrons. The number of rotatable bonds is 1. The molecule has 0 amide bonds. The van der Waals surface area contributed by atoms with E-state index in [1.54, 1.807) is 0 Å². The van der Waals surface area contributed by atoms with Crippen molar-refractivity contribution in [3.63, 3.8) is 0 Å². The van der Waals surface area contributed by atoms with Crippen LogP contribution in [0.4, 0.5) is 0 Å². The molecule has 0 spiro atoms. The average molecular weight is 219 g/mol. The molecular formula is C10H19Br. The van der Waals surface area contributed by atoms with Crippen LogP contribution in [0.3, 0.4) is 0 Å². The average Bonchev–Trinajstić information content (AvgIpc) is 1.85. The maximum atomic E-state index is 3.80. The van der Waals surface area contributed by atoms with Gasteiger partial charge in [-0.15, -0.1) is 0 Å². The summed E-state index contributed by atoms with van der Waals surface area (Å²) < 4.78 is 0. The second-order valence-electron chi connectivity index (χ2n) is 4.34. The first-order valence-electron chi connectivity index (χ1n) is 4.75. The molecule has 0 unspecified atom stereocenters. The fourth-order valence-electron chi connectivity index (χ4n) is 2.09. The molecule has 0 radical (unpaired) electrons. The Hall–Kier alpha value is 0.480. The predicted octanol–water partition coefficient (Wildman–Crippen LogP) is 3.84. The van der Waals surface area contributed by atoms with Gasteiger partial charge >= 0.3 is 0 Å². The third-order valence-corrected chi connectivity index (χ3v) is 3.99. The Kier molecular flexibility index (Phi) is 3.42. The summed E-state index contributed by atoms with van der Waals surface area (Å²) in [7, 11) is 0. The lowest BCUT2D eigenvalue weighted by Gasteiger charge is -2.33. The van der Waals surface area contributed by atoms with Gasteiger partial charge in [-0.1, -0.05) is 43.1 Å². The van der Waals surface area contributed by atoms with Crippen LogP contribution in [0.25, 0.3) is 0 Å². The summed E-state index contributed by atoms with van der Waals surface area (Å²) in [5.74, 6) is 2.72. The van der Waals surface area contributed by atoms with Crippen molar-refractivity contribution in [2.24, 2.45) is 17.8 Å². The lowest BCUT2D eigenvalue weighted by molar-refractivity contribution is 0.247. The molecule has 3 atom stereocenters. The van der Waals surface area contributed by atoms with E-state index in [0.717, 1.165) is 22.6 Å². The fraction of sp³-hybridized carbons (Fsp3) is 1.00. The van der Waals surface area contributed by atoms with E-state index in [1.165, 1.54) is 19.3 Å². The normalized spacial score (nSPS) is 39.5. The Balaban J connectivity index is 2.44. The summed E-state index contributed by atoms with van der Waals surface area (Å²) in [4.78, 5) is 0.784. The highest BCUT2D eigenvalue weighted by Crippen LogP contribution is 2.37. The van der Waals surface area contributed by atoms with Gasteiger partial charge in [0.2, 0.25) is 0 Å². The Morgan fingerprint density at radius 2 is 1.91 bits per heavy atom. The zero-order valence-electron chi connectivity index (χ0n) is 7.81. The number of alkyl halides is 1. The second kappa shape index (κ2) is 3.93. The van der Waals surface area contributed by atoms with Crippen molar-refractivity contribution in [2.75, 3.05) is 0 Å². The van der Waals surface area contributed by atoms with E-state index in [-0.39, 0.29) is 0 Å². The van der Waals surface area contributed by atoms with Gasteiger partial charge in [-0.25, -0.2) is 0 Å². The SMILES string of the molecule is CC(C)[C@H]1CC[C@@H](C)C[C@H]1Br. The molecule has 11 heavy (non-hydrogen) atoms. The van der Waals surface area contributed by atoms with E-state index in [1.807, 2.05) is 0 Å². The first-order valence-corrected chi connectivity index (χ1v) is 5.67. The maximum absolute atomic E-state index is 3.80. The minimum absolute atomic E-state index is 0.784. The fourth-order valence-corrected chi connectivity index (χ4v) is 3.60. The third-order valence-electron chi connectivity index (χ3n) is 2.94. The quantitative estimate of drug-likeness (QED) is 0.588.